The molecular formula is C19H19ClN2O3. The highest BCUT2D eigenvalue weighted by atomic mass is 35.5. The Hall–Kier alpha value is -2.53. The molecule has 6 heteroatoms. The number of methoxy groups -OCH3 is 1. The molecule has 0 aliphatic carbocycles. The van der Waals surface area contributed by atoms with Gasteiger partial charge in [0.15, 0.2) is 0 Å². The van der Waals surface area contributed by atoms with E-state index in [-0.39, 0.29) is 12.3 Å². The molecule has 130 valence electrons. The summed E-state index contributed by atoms with van der Waals surface area (Å²) in [5.74, 6) is -0.118. The standard InChI is InChI=1S/C19H19ClN2O3/c1-25-17-9-8-14(20)11-15(17)21-18(23)12-19(24)22-10-4-6-13-5-2-3-7-16(13)22/h2-3,5,7-9,11H,4,6,10,12H2,1H3,(H,21,23). The predicted molar refractivity (Wildman–Crippen MR) is 98.4 cm³/mol. The van der Waals surface area contributed by atoms with E-state index in [1.165, 1.54) is 7.11 Å². The van der Waals surface area contributed by atoms with Crippen LogP contribution in [0.5, 0.6) is 5.75 Å². The third-order valence-corrected chi connectivity index (χ3v) is 4.39. The second-order valence-electron chi connectivity index (χ2n) is 5.85. The van der Waals surface area contributed by atoms with E-state index in [1.54, 1.807) is 23.1 Å². The summed E-state index contributed by atoms with van der Waals surface area (Å²) in [6, 6.07) is 12.7. The number of anilines is 2. The topological polar surface area (TPSA) is 58.6 Å². The zero-order valence-electron chi connectivity index (χ0n) is 13.9. The summed E-state index contributed by atoms with van der Waals surface area (Å²) in [4.78, 5) is 26.6. The average Bonchev–Trinajstić information content (AvgIpc) is 2.61. The molecule has 2 amide bonds. The van der Waals surface area contributed by atoms with Gasteiger partial charge in [-0.05, 0) is 42.7 Å². The lowest BCUT2D eigenvalue weighted by molar-refractivity contribution is -0.125. The highest BCUT2D eigenvalue weighted by molar-refractivity contribution is 6.31. The van der Waals surface area contributed by atoms with Gasteiger partial charge in [-0.15, -0.1) is 0 Å². The number of halogens is 1. The van der Waals surface area contributed by atoms with E-state index < -0.39 is 5.91 Å². The van der Waals surface area contributed by atoms with Gasteiger partial charge in [0.25, 0.3) is 0 Å². The maximum atomic E-state index is 12.6. The summed E-state index contributed by atoms with van der Waals surface area (Å²) in [5, 5.41) is 3.18. The number of hydrogen-bond acceptors (Lipinski definition) is 3. The predicted octanol–water partition coefficient (Wildman–Crippen LogP) is 3.66. The maximum absolute atomic E-state index is 12.6. The number of benzene rings is 2. The van der Waals surface area contributed by atoms with Crippen molar-refractivity contribution in [1.29, 1.82) is 0 Å². The SMILES string of the molecule is COc1ccc(Cl)cc1NC(=O)CC(=O)N1CCCc2ccccc21. The molecule has 0 saturated carbocycles. The fourth-order valence-electron chi connectivity index (χ4n) is 3.00. The van der Waals surface area contributed by atoms with Crippen molar-refractivity contribution in [3.8, 4) is 5.75 Å². The molecule has 25 heavy (non-hydrogen) atoms. The van der Waals surface area contributed by atoms with Crippen molar-refractivity contribution in [2.24, 2.45) is 0 Å². The van der Waals surface area contributed by atoms with Gasteiger partial charge in [0.2, 0.25) is 11.8 Å². The van der Waals surface area contributed by atoms with Crippen LogP contribution >= 0.6 is 11.6 Å². The molecular weight excluding hydrogens is 340 g/mol. The van der Waals surface area contributed by atoms with Gasteiger partial charge in [-0.25, -0.2) is 0 Å². The monoisotopic (exact) mass is 358 g/mol. The van der Waals surface area contributed by atoms with E-state index in [0.29, 0.717) is 23.0 Å². The number of rotatable bonds is 4. The van der Waals surface area contributed by atoms with Crippen LogP contribution < -0.4 is 15.0 Å². The molecule has 2 aromatic carbocycles. The summed E-state index contributed by atoms with van der Waals surface area (Å²) >= 11 is 5.96. The third kappa shape index (κ3) is 3.94. The first-order valence-electron chi connectivity index (χ1n) is 8.10. The summed E-state index contributed by atoms with van der Waals surface area (Å²) < 4.78 is 5.20. The zero-order chi connectivity index (χ0) is 17.8. The molecule has 0 unspecified atom stereocenters. The van der Waals surface area contributed by atoms with Crippen molar-refractivity contribution in [1.82, 2.24) is 0 Å². The van der Waals surface area contributed by atoms with Crippen LogP contribution in [-0.2, 0) is 16.0 Å². The summed E-state index contributed by atoms with van der Waals surface area (Å²) in [6.45, 7) is 0.629. The van der Waals surface area contributed by atoms with Crippen LogP contribution in [0.15, 0.2) is 42.5 Å². The van der Waals surface area contributed by atoms with Crippen LogP contribution in [0.1, 0.15) is 18.4 Å². The third-order valence-electron chi connectivity index (χ3n) is 4.16. The van der Waals surface area contributed by atoms with E-state index in [2.05, 4.69) is 5.32 Å². The molecule has 1 aliphatic rings. The summed E-state index contributed by atoms with van der Waals surface area (Å²) in [7, 11) is 1.51. The van der Waals surface area contributed by atoms with Gasteiger partial charge >= 0.3 is 0 Å². The molecule has 0 atom stereocenters. The van der Waals surface area contributed by atoms with Crippen LogP contribution in [0.25, 0.3) is 0 Å². The molecule has 5 nitrogen and oxygen atoms in total. The molecule has 1 N–H and O–H groups in total. The molecule has 3 rings (SSSR count). The van der Waals surface area contributed by atoms with Gasteiger partial charge in [0, 0.05) is 17.3 Å². The Labute approximate surface area is 151 Å². The average molecular weight is 359 g/mol. The van der Waals surface area contributed by atoms with Crippen LogP contribution in [-0.4, -0.2) is 25.5 Å². The van der Waals surface area contributed by atoms with Gasteiger partial charge < -0.3 is 15.0 Å². The Kier molecular flexibility index (Phi) is 5.24. The van der Waals surface area contributed by atoms with E-state index in [9.17, 15) is 9.59 Å². The van der Waals surface area contributed by atoms with Gasteiger partial charge in [0.1, 0.15) is 12.2 Å². The van der Waals surface area contributed by atoms with Crippen molar-refractivity contribution in [3.63, 3.8) is 0 Å². The van der Waals surface area contributed by atoms with Crippen molar-refractivity contribution in [2.75, 3.05) is 23.9 Å². The fourth-order valence-corrected chi connectivity index (χ4v) is 3.17. The molecule has 0 radical (unpaired) electrons. The molecule has 0 saturated heterocycles. The number of ether oxygens (including phenoxy) is 1. The van der Waals surface area contributed by atoms with Crippen molar-refractivity contribution in [3.05, 3.63) is 53.1 Å². The molecule has 0 spiro atoms. The van der Waals surface area contributed by atoms with E-state index in [4.69, 9.17) is 16.3 Å². The van der Waals surface area contributed by atoms with Gasteiger partial charge in [-0.3, -0.25) is 9.59 Å². The molecule has 0 fully saturated rings. The number of hydrogen-bond donors (Lipinski definition) is 1. The molecule has 0 bridgehead atoms. The second-order valence-corrected chi connectivity index (χ2v) is 6.28. The quantitative estimate of drug-likeness (QED) is 0.848. The Morgan fingerprint density at radius 1 is 1.24 bits per heavy atom. The highest BCUT2D eigenvalue weighted by Crippen LogP contribution is 2.29. The van der Waals surface area contributed by atoms with E-state index >= 15 is 0 Å². The highest BCUT2D eigenvalue weighted by Gasteiger charge is 2.24. The number of nitrogens with zero attached hydrogens (tertiary/aromatic N) is 1. The number of carbonyl (C=O) groups is 2. The fraction of sp³-hybridized carbons (Fsp3) is 0.263. The first-order chi connectivity index (χ1) is 12.1. The summed E-state index contributed by atoms with van der Waals surface area (Å²) in [5.41, 5.74) is 2.48. The van der Waals surface area contributed by atoms with Gasteiger partial charge in [-0.1, -0.05) is 29.8 Å². The van der Waals surface area contributed by atoms with Crippen LogP contribution in [0.3, 0.4) is 0 Å². The lowest BCUT2D eigenvalue weighted by Gasteiger charge is -2.29. The zero-order valence-corrected chi connectivity index (χ0v) is 14.7. The largest absolute Gasteiger partial charge is 0.495 e. The number of amides is 2. The molecule has 1 heterocycles. The maximum Gasteiger partial charge on any atom is 0.236 e. The van der Waals surface area contributed by atoms with Crippen molar-refractivity contribution in [2.45, 2.75) is 19.3 Å². The lowest BCUT2D eigenvalue weighted by Crippen LogP contribution is -2.37. The number of nitrogens with one attached hydrogen (secondary N) is 1. The van der Waals surface area contributed by atoms with E-state index in [0.717, 1.165) is 24.1 Å². The minimum Gasteiger partial charge on any atom is -0.495 e. The minimum absolute atomic E-state index is 0.217. The minimum atomic E-state index is -0.395. The Morgan fingerprint density at radius 2 is 2.04 bits per heavy atom. The molecule has 2 aromatic rings. The van der Waals surface area contributed by atoms with Gasteiger partial charge in [-0.2, -0.15) is 0 Å². The second kappa shape index (κ2) is 7.57. The van der Waals surface area contributed by atoms with Crippen molar-refractivity contribution >= 4 is 34.8 Å². The Balaban J connectivity index is 1.70. The van der Waals surface area contributed by atoms with Crippen molar-refractivity contribution < 1.29 is 14.3 Å². The number of fused-ring (bicyclic) bond motifs is 1. The van der Waals surface area contributed by atoms with Crippen LogP contribution in [0.2, 0.25) is 5.02 Å². The molecule has 1 aliphatic heterocycles. The molecule has 0 aromatic heterocycles. The van der Waals surface area contributed by atoms with Gasteiger partial charge in [0.05, 0.1) is 12.8 Å². The van der Waals surface area contributed by atoms with E-state index in [1.807, 2.05) is 24.3 Å². The first kappa shape index (κ1) is 17.3. The normalized spacial score (nSPS) is 13.1. The first-order valence-corrected chi connectivity index (χ1v) is 8.48. The lowest BCUT2D eigenvalue weighted by atomic mass is 10.0. The van der Waals surface area contributed by atoms with Crippen LogP contribution in [0.4, 0.5) is 11.4 Å². The smallest absolute Gasteiger partial charge is 0.236 e. The number of para-hydroxylation sites is 1. The number of carbonyl (C=O) groups excluding carboxylic acids is 2. The Morgan fingerprint density at radius 3 is 2.84 bits per heavy atom. The van der Waals surface area contributed by atoms with Crippen LogP contribution in [0, 0.1) is 0 Å². The number of aryl methyl sites for hydroxylation is 1. The summed E-state index contributed by atoms with van der Waals surface area (Å²) in [6.07, 6.45) is 1.61. The Bertz CT molecular complexity index is 807.